The van der Waals surface area contributed by atoms with Crippen molar-refractivity contribution in [2.24, 2.45) is 0 Å². The van der Waals surface area contributed by atoms with Gasteiger partial charge in [0.05, 0.1) is 4.20 Å². The predicted octanol–water partition coefficient (Wildman–Crippen LogP) is 4.62. The standard InChI is InChI=1S/C16H16S2/c1-16(2,13-6-4-3-5-7-13)14-10-8-12(9-11-14)15(17)18/h3-11H,1-2H3,(H,17,18). The van der Waals surface area contributed by atoms with E-state index < -0.39 is 0 Å². The average molecular weight is 272 g/mol. The van der Waals surface area contributed by atoms with Crippen molar-refractivity contribution in [3.8, 4) is 0 Å². The Balaban J connectivity index is 2.39. The summed E-state index contributed by atoms with van der Waals surface area (Å²) in [5.41, 5.74) is 3.59. The van der Waals surface area contributed by atoms with E-state index in [2.05, 4.69) is 62.9 Å². The second kappa shape index (κ2) is 5.25. The fraction of sp³-hybridized carbons (Fsp3) is 0.188. The number of thiocarbonyl (C=S) groups is 1. The SMILES string of the molecule is CC(C)(c1ccccc1)c1ccc(C(=S)S)cc1. The van der Waals surface area contributed by atoms with Crippen molar-refractivity contribution in [2.75, 3.05) is 0 Å². The maximum Gasteiger partial charge on any atom is 0.0747 e. The van der Waals surface area contributed by atoms with Crippen molar-refractivity contribution in [1.82, 2.24) is 0 Å². The highest BCUT2D eigenvalue weighted by Gasteiger charge is 2.22. The zero-order chi connectivity index (χ0) is 13.2. The molecule has 0 radical (unpaired) electrons. The van der Waals surface area contributed by atoms with Crippen LogP contribution in [0.4, 0.5) is 0 Å². The number of thiol groups is 1. The summed E-state index contributed by atoms with van der Waals surface area (Å²) < 4.78 is 0.638. The van der Waals surface area contributed by atoms with Crippen LogP contribution in [0, 0.1) is 0 Å². The lowest BCUT2D eigenvalue weighted by Gasteiger charge is -2.26. The average Bonchev–Trinajstić information content (AvgIpc) is 2.40. The van der Waals surface area contributed by atoms with Gasteiger partial charge in [-0.15, -0.1) is 12.6 Å². The minimum atomic E-state index is -0.00198. The molecule has 0 aliphatic carbocycles. The first-order valence-electron chi connectivity index (χ1n) is 5.91. The summed E-state index contributed by atoms with van der Waals surface area (Å²) in [6.45, 7) is 4.46. The Bertz CT molecular complexity index is 539. The molecule has 0 amide bonds. The number of benzene rings is 2. The molecule has 0 heterocycles. The molecule has 0 saturated carbocycles. The second-order valence-corrected chi connectivity index (χ2v) is 6.03. The van der Waals surface area contributed by atoms with Gasteiger partial charge in [-0.2, -0.15) is 0 Å². The van der Waals surface area contributed by atoms with Crippen LogP contribution in [0.15, 0.2) is 54.6 Å². The minimum Gasteiger partial charge on any atom is -0.131 e. The Morgan fingerprint density at radius 2 is 1.39 bits per heavy atom. The molecule has 0 fully saturated rings. The van der Waals surface area contributed by atoms with Crippen LogP contribution in [-0.4, -0.2) is 4.20 Å². The molecule has 0 saturated heterocycles. The number of hydrogen-bond donors (Lipinski definition) is 1. The Hall–Kier alpha value is -1.12. The first-order valence-corrected chi connectivity index (χ1v) is 6.77. The largest absolute Gasteiger partial charge is 0.131 e. The summed E-state index contributed by atoms with van der Waals surface area (Å²) in [5, 5.41) is 0. The van der Waals surface area contributed by atoms with Gasteiger partial charge in [0.25, 0.3) is 0 Å². The highest BCUT2D eigenvalue weighted by molar-refractivity contribution is 8.11. The van der Waals surface area contributed by atoms with Crippen LogP contribution in [0.3, 0.4) is 0 Å². The third kappa shape index (κ3) is 2.65. The smallest absolute Gasteiger partial charge is 0.0747 e. The van der Waals surface area contributed by atoms with Gasteiger partial charge < -0.3 is 0 Å². The van der Waals surface area contributed by atoms with E-state index in [1.807, 2.05) is 18.2 Å². The molecule has 0 aromatic heterocycles. The van der Waals surface area contributed by atoms with Crippen LogP contribution < -0.4 is 0 Å². The third-order valence-electron chi connectivity index (χ3n) is 3.35. The summed E-state index contributed by atoms with van der Waals surface area (Å²) in [7, 11) is 0. The van der Waals surface area contributed by atoms with E-state index in [1.54, 1.807) is 0 Å². The van der Waals surface area contributed by atoms with E-state index in [9.17, 15) is 0 Å². The first kappa shape index (κ1) is 13.3. The lowest BCUT2D eigenvalue weighted by Crippen LogP contribution is -2.18. The molecular formula is C16H16S2. The molecule has 2 aromatic rings. The summed E-state index contributed by atoms with van der Waals surface area (Å²) >= 11 is 9.25. The van der Waals surface area contributed by atoms with Crippen LogP contribution in [0.1, 0.15) is 30.5 Å². The molecule has 2 aromatic carbocycles. The van der Waals surface area contributed by atoms with Gasteiger partial charge in [-0.25, -0.2) is 0 Å². The van der Waals surface area contributed by atoms with E-state index in [4.69, 9.17) is 12.2 Å². The van der Waals surface area contributed by atoms with Gasteiger partial charge in [0, 0.05) is 5.41 Å². The molecule has 18 heavy (non-hydrogen) atoms. The maximum atomic E-state index is 5.06. The van der Waals surface area contributed by atoms with Gasteiger partial charge in [-0.1, -0.05) is 80.7 Å². The Kier molecular flexibility index (Phi) is 3.88. The van der Waals surface area contributed by atoms with E-state index in [-0.39, 0.29) is 5.41 Å². The van der Waals surface area contributed by atoms with Gasteiger partial charge in [0.2, 0.25) is 0 Å². The zero-order valence-corrected chi connectivity index (χ0v) is 12.3. The van der Waals surface area contributed by atoms with Crippen LogP contribution in [-0.2, 0) is 5.41 Å². The molecule has 92 valence electrons. The quantitative estimate of drug-likeness (QED) is 0.628. The van der Waals surface area contributed by atoms with Crippen LogP contribution >= 0.6 is 24.8 Å². The summed E-state index contributed by atoms with van der Waals surface area (Å²) in [6, 6.07) is 18.9. The van der Waals surface area contributed by atoms with Crippen molar-refractivity contribution in [2.45, 2.75) is 19.3 Å². The molecule has 0 N–H and O–H groups in total. The van der Waals surface area contributed by atoms with Crippen LogP contribution in [0.5, 0.6) is 0 Å². The van der Waals surface area contributed by atoms with Crippen molar-refractivity contribution < 1.29 is 0 Å². The Morgan fingerprint density at radius 1 is 0.889 bits per heavy atom. The topological polar surface area (TPSA) is 0 Å². The molecule has 2 rings (SSSR count). The molecule has 0 bridgehead atoms. The predicted molar refractivity (Wildman–Crippen MR) is 85.7 cm³/mol. The van der Waals surface area contributed by atoms with E-state index >= 15 is 0 Å². The molecular weight excluding hydrogens is 256 g/mol. The normalized spacial score (nSPS) is 11.3. The maximum absolute atomic E-state index is 5.06. The third-order valence-corrected chi connectivity index (χ3v) is 3.84. The summed E-state index contributed by atoms with van der Waals surface area (Å²) in [6.07, 6.45) is 0. The molecule has 0 aliphatic heterocycles. The lowest BCUT2D eigenvalue weighted by molar-refractivity contribution is 0.641. The molecule has 0 nitrogen and oxygen atoms in total. The Labute approximate surface area is 119 Å². The first-order chi connectivity index (χ1) is 8.51. The van der Waals surface area contributed by atoms with Crippen molar-refractivity contribution in [1.29, 1.82) is 0 Å². The van der Waals surface area contributed by atoms with Gasteiger partial charge in [0.15, 0.2) is 0 Å². The monoisotopic (exact) mass is 272 g/mol. The van der Waals surface area contributed by atoms with Crippen molar-refractivity contribution in [3.63, 3.8) is 0 Å². The van der Waals surface area contributed by atoms with Gasteiger partial charge in [-0.05, 0) is 16.7 Å². The Morgan fingerprint density at radius 3 is 1.89 bits per heavy atom. The molecule has 0 unspecified atom stereocenters. The summed E-state index contributed by atoms with van der Waals surface area (Å²) in [5.74, 6) is 0. The number of hydrogen-bond acceptors (Lipinski definition) is 1. The van der Waals surface area contributed by atoms with Crippen LogP contribution in [0.25, 0.3) is 0 Å². The summed E-state index contributed by atoms with van der Waals surface area (Å²) in [4.78, 5) is 0. The molecule has 0 spiro atoms. The van der Waals surface area contributed by atoms with Gasteiger partial charge >= 0.3 is 0 Å². The van der Waals surface area contributed by atoms with Gasteiger partial charge in [-0.3, -0.25) is 0 Å². The second-order valence-electron chi connectivity index (χ2n) is 4.87. The van der Waals surface area contributed by atoms with Crippen molar-refractivity contribution >= 4 is 29.0 Å². The lowest BCUT2D eigenvalue weighted by atomic mass is 9.78. The molecule has 0 atom stereocenters. The minimum absolute atomic E-state index is 0.00198. The van der Waals surface area contributed by atoms with Gasteiger partial charge in [0.1, 0.15) is 0 Å². The van der Waals surface area contributed by atoms with Crippen molar-refractivity contribution in [3.05, 3.63) is 71.3 Å². The highest BCUT2D eigenvalue weighted by atomic mass is 32.1. The van der Waals surface area contributed by atoms with E-state index in [0.717, 1.165) is 5.56 Å². The number of rotatable bonds is 3. The van der Waals surface area contributed by atoms with E-state index in [0.29, 0.717) is 4.20 Å². The van der Waals surface area contributed by atoms with E-state index in [1.165, 1.54) is 11.1 Å². The molecule has 0 aliphatic rings. The fourth-order valence-corrected chi connectivity index (χ4v) is 2.34. The zero-order valence-electron chi connectivity index (χ0n) is 10.6. The fourth-order valence-electron chi connectivity index (χ4n) is 2.05. The molecule has 2 heteroatoms. The highest BCUT2D eigenvalue weighted by Crippen LogP contribution is 2.31. The van der Waals surface area contributed by atoms with Crippen LogP contribution in [0.2, 0.25) is 0 Å².